The molecule has 2 aromatic rings. The quantitative estimate of drug-likeness (QED) is 0.900. The van der Waals surface area contributed by atoms with Gasteiger partial charge in [-0.1, -0.05) is 18.2 Å². The van der Waals surface area contributed by atoms with Crippen LogP contribution < -0.4 is 0 Å². The fourth-order valence-electron chi connectivity index (χ4n) is 1.78. The van der Waals surface area contributed by atoms with Crippen LogP contribution in [0.3, 0.4) is 0 Å². The van der Waals surface area contributed by atoms with Crippen LogP contribution in [-0.2, 0) is 0 Å². The first-order valence-corrected chi connectivity index (χ1v) is 5.79. The molecule has 0 aliphatic heterocycles. The minimum atomic E-state index is -0.663. The van der Waals surface area contributed by atoms with Gasteiger partial charge in [-0.3, -0.25) is 4.79 Å². The minimum Gasteiger partial charge on any atom is -0.505 e. The van der Waals surface area contributed by atoms with Crippen molar-refractivity contribution in [2.45, 2.75) is 0 Å². The topological polar surface area (TPSA) is 40.5 Å². The van der Waals surface area contributed by atoms with Crippen LogP contribution in [0.5, 0.6) is 5.75 Å². The highest BCUT2D eigenvalue weighted by molar-refractivity contribution is 5.95. The normalized spacial score (nSPS) is 10.3. The van der Waals surface area contributed by atoms with Gasteiger partial charge in [0.1, 0.15) is 0 Å². The average Bonchev–Trinajstić information content (AvgIpc) is 2.41. The lowest BCUT2D eigenvalue weighted by molar-refractivity contribution is 0.0827. The number of hydrogen-bond donors (Lipinski definition) is 1. The van der Waals surface area contributed by atoms with Gasteiger partial charge in [-0.05, 0) is 35.4 Å². The predicted octanol–water partition coefficient (Wildman–Crippen LogP) is 2.90. The molecule has 19 heavy (non-hydrogen) atoms. The molecule has 1 amide bonds. The van der Waals surface area contributed by atoms with Gasteiger partial charge >= 0.3 is 0 Å². The van der Waals surface area contributed by atoms with Gasteiger partial charge in [-0.2, -0.15) is 0 Å². The molecule has 0 aromatic heterocycles. The summed E-state index contributed by atoms with van der Waals surface area (Å²) >= 11 is 0. The summed E-state index contributed by atoms with van der Waals surface area (Å²) in [7, 11) is 3.36. The first-order chi connectivity index (χ1) is 8.99. The van der Waals surface area contributed by atoms with Crippen LogP contribution >= 0.6 is 0 Å². The van der Waals surface area contributed by atoms with Gasteiger partial charge in [0.25, 0.3) is 5.91 Å². The molecule has 1 N–H and O–H groups in total. The molecule has 98 valence electrons. The van der Waals surface area contributed by atoms with E-state index in [9.17, 15) is 14.3 Å². The molecule has 0 bridgehead atoms. The summed E-state index contributed by atoms with van der Waals surface area (Å²) in [5.41, 5.74) is 1.96. The number of nitrogens with zero attached hydrogens (tertiary/aromatic N) is 1. The zero-order chi connectivity index (χ0) is 14.0. The van der Waals surface area contributed by atoms with Crippen molar-refractivity contribution >= 4 is 5.91 Å². The first kappa shape index (κ1) is 13.1. The van der Waals surface area contributed by atoms with Crippen LogP contribution in [0.2, 0.25) is 0 Å². The van der Waals surface area contributed by atoms with Crippen molar-refractivity contribution < 1.29 is 14.3 Å². The number of benzene rings is 2. The van der Waals surface area contributed by atoms with Crippen molar-refractivity contribution in [2.75, 3.05) is 14.1 Å². The number of carbonyl (C=O) groups is 1. The van der Waals surface area contributed by atoms with Crippen molar-refractivity contribution in [1.29, 1.82) is 0 Å². The Bertz CT molecular complexity index is 623. The molecule has 2 rings (SSSR count). The summed E-state index contributed by atoms with van der Waals surface area (Å²) in [5.74, 6) is -1.17. The maximum Gasteiger partial charge on any atom is 0.253 e. The summed E-state index contributed by atoms with van der Waals surface area (Å²) in [6.07, 6.45) is 0. The number of phenols is 1. The number of aromatic hydroxyl groups is 1. The lowest BCUT2D eigenvalue weighted by atomic mass is 10.0. The Labute approximate surface area is 110 Å². The van der Waals surface area contributed by atoms with Gasteiger partial charge in [0, 0.05) is 19.7 Å². The largest absolute Gasteiger partial charge is 0.505 e. The van der Waals surface area contributed by atoms with E-state index in [4.69, 9.17) is 0 Å². The number of hydrogen-bond acceptors (Lipinski definition) is 2. The molecule has 2 aromatic carbocycles. The summed E-state index contributed by atoms with van der Waals surface area (Å²) in [6, 6.07) is 11.1. The van der Waals surface area contributed by atoms with E-state index in [0.717, 1.165) is 5.56 Å². The minimum absolute atomic E-state index is 0.104. The molecule has 0 saturated heterocycles. The molecule has 0 radical (unpaired) electrons. The molecule has 0 aliphatic rings. The van der Waals surface area contributed by atoms with Gasteiger partial charge in [0.05, 0.1) is 0 Å². The van der Waals surface area contributed by atoms with E-state index >= 15 is 0 Å². The Morgan fingerprint density at radius 1 is 1.11 bits per heavy atom. The van der Waals surface area contributed by atoms with Crippen LogP contribution in [0.4, 0.5) is 4.39 Å². The third kappa shape index (κ3) is 2.73. The molecular weight excluding hydrogens is 245 g/mol. The number of rotatable bonds is 2. The van der Waals surface area contributed by atoms with Crippen molar-refractivity contribution in [1.82, 2.24) is 4.90 Å². The molecule has 0 atom stereocenters. The molecule has 0 spiro atoms. The van der Waals surface area contributed by atoms with Crippen LogP contribution in [0.15, 0.2) is 42.5 Å². The molecule has 4 heteroatoms. The highest BCUT2D eigenvalue weighted by Gasteiger charge is 2.10. The first-order valence-electron chi connectivity index (χ1n) is 5.79. The number of amides is 1. The van der Waals surface area contributed by atoms with E-state index in [2.05, 4.69) is 0 Å². The van der Waals surface area contributed by atoms with Crippen molar-refractivity contribution in [2.24, 2.45) is 0 Å². The number of phenolic OH excluding ortho intramolecular Hbond substituents is 1. The summed E-state index contributed by atoms with van der Waals surface area (Å²) < 4.78 is 13.0. The Hall–Kier alpha value is -2.36. The highest BCUT2D eigenvalue weighted by Crippen LogP contribution is 2.26. The van der Waals surface area contributed by atoms with E-state index < -0.39 is 11.6 Å². The molecule has 0 heterocycles. The standard InChI is InChI=1S/C15H14FNO2/c1-17(2)15(19)12-5-3-4-10(8-12)11-6-7-13(16)14(18)9-11/h3-9,18H,1-2H3. The summed E-state index contributed by atoms with van der Waals surface area (Å²) in [4.78, 5) is 13.4. The second kappa shape index (κ2) is 5.10. The van der Waals surface area contributed by atoms with Gasteiger partial charge in [-0.15, -0.1) is 0 Å². The molecule has 0 aliphatic carbocycles. The van der Waals surface area contributed by atoms with Crippen LogP contribution in [0, 0.1) is 5.82 Å². The Morgan fingerprint density at radius 2 is 1.79 bits per heavy atom. The Kier molecular flexibility index (Phi) is 3.51. The highest BCUT2D eigenvalue weighted by atomic mass is 19.1. The second-order valence-electron chi connectivity index (χ2n) is 4.45. The fraction of sp³-hybridized carbons (Fsp3) is 0.133. The summed E-state index contributed by atoms with van der Waals surface area (Å²) in [6.45, 7) is 0. The zero-order valence-corrected chi connectivity index (χ0v) is 10.7. The van der Waals surface area contributed by atoms with Gasteiger partial charge in [0.2, 0.25) is 0 Å². The molecule has 0 saturated carbocycles. The third-order valence-corrected chi connectivity index (χ3v) is 2.80. The van der Waals surface area contributed by atoms with E-state index in [1.807, 2.05) is 0 Å². The van der Waals surface area contributed by atoms with E-state index in [0.29, 0.717) is 11.1 Å². The monoisotopic (exact) mass is 259 g/mol. The molecule has 0 unspecified atom stereocenters. The van der Waals surface area contributed by atoms with Crippen LogP contribution in [0.25, 0.3) is 11.1 Å². The van der Waals surface area contributed by atoms with E-state index in [1.165, 1.54) is 17.0 Å². The predicted molar refractivity (Wildman–Crippen MR) is 71.5 cm³/mol. The van der Waals surface area contributed by atoms with Gasteiger partial charge < -0.3 is 10.0 Å². The van der Waals surface area contributed by atoms with Gasteiger partial charge in [-0.25, -0.2) is 4.39 Å². The Balaban J connectivity index is 2.43. The average molecular weight is 259 g/mol. The van der Waals surface area contributed by atoms with Crippen molar-refractivity contribution in [3.8, 4) is 16.9 Å². The van der Waals surface area contributed by atoms with Crippen LogP contribution in [0.1, 0.15) is 10.4 Å². The second-order valence-corrected chi connectivity index (χ2v) is 4.45. The van der Waals surface area contributed by atoms with Gasteiger partial charge in [0.15, 0.2) is 11.6 Å². The fourth-order valence-corrected chi connectivity index (χ4v) is 1.78. The maximum absolute atomic E-state index is 13.0. The molecule has 0 fully saturated rings. The Morgan fingerprint density at radius 3 is 2.42 bits per heavy atom. The number of halogens is 1. The third-order valence-electron chi connectivity index (χ3n) is 2.80. The van der Waals surface area contributed by atoms with Crippen molar-refractivity contribution in [3.05, 3.63) is 53.8 Å². The molecule has 3 nitrogen and oxygen atoms in total. The summed E-state index contributed by atoms with van der Waals surface area (Å²) in [5, 5.41) is 9.38. The van der Waals surface area contributed by atoms with Crippen LogP contribution in [-0.4, -0.2) is 30.0 Å². The van der Waals surface area contributed by atoms with Crippen molar-refractivity contribution in [3.63, 3.8) is 0 Å². The maximum atomic E-state index is 13.0. The lowest BCUT2D eigenvalue weighted by Gasteiger charge is -2.11. The number of carbonyl (C=O) groups excluding carboxylic acids is 1. The lowest BCUT2D eigenvalue weighted by Crippen LogP contribution is -2.21. The smallest absolute Gasteiger partial charge is 0.253 e. The molecular formula is C15H14FNO2. The van der Waals surface area contributed by atoms with E-state index in [1.54, 1.807) is 44.4 Å². The zero-order valence-electron chi connectivity index (χ0n) is 10.7. The van der Waals surface area contributed by atoms with E-state index in [-0.39, 0.29) is 5.91 Å². The SMILES string of the molecule is CN(C)C(=O)c1cccc(-c2ccc(F)c(O)c2)c1.